The number of nitrogens with zero attached hydrogens (tertiary/aromatic N) is 1. The van der Waals surface area contributed by atoms with E-state index in [0.29, 0.717) is 12.5 Å². The second kappa shape index (κ2) is 6.20. The second-order valence-corrected chi connectivity index (χ2v) is 5.21. The molecule has 1 rings (SSSR count). The Morgan fingerprint density at radius 2 is 2.27 bits per heavy atom. The van der Waals surface area contributed by atoms with Crippen LogP contribution in [-0.2, 0) is 6.54 Å². The number of hydrogen-bond donors (Lipinski definition) is 2. The lowest BCUT2D eigenvalue weighted by Gasteiger charge is -2.13. The lowest BCUT2D eigenvalue weighted by molar-refractivity contribution is 0.146. The van der Waals surface area contributed by atoms with Crippen molar-refractivity contribution < 1.29 is 5.11 Å². The summed E-state index contributed by atoms with van der Waals surface area (Å²) in [6.45, 7) is 7.73. The number of hydrogen-bond acceptors (Lipinski definition) is 4. The Hall–Kier alpha value is -0.450. The second-order valence-electron chi connectivity index (χ2n) is 4.28. The third-order valence-electron chi connectivity index (χ3n) is 2.25. The molecule has 0 saturated heterocycles. The Bertz CT molecular complexity index is 286. The van der Waals surface area contributed by atoms with Gasteiger partial charge < -0.3 is 10.4 Å². The highest BCUT2D eigenvalue weighted by Crippen LogP contribution is 2.11. The van der Waals surface area contributed by atoms with Gasteiger partial charge in [-0.1, -0.05) is 13.8 Å². The van der Waals surface area contributed by atoms with Crippen LogP contribution in [-0.4, -0.2) is 22.7 Å². The normalized spacial score (nSPS) is 13.4. The van der Waals surface area contributed by atoms with Gasteiger partial charge in [0, 0.05) is 18.0 Å². The van der Waals surface area contributed by atoms with Gasteiger partial charge in [0.15, 0.2) is 0 Å². The fraction of sp³-hybridized carbons (Fsp3) is 0.727. The first-order chi connectivity index (χ1) is 7.09. The molecular formula is C11H20N2OS. The smallest absolute Gasteiger partial charge is 0.0798 e. The first-order valence-corrected chi connectivity index (χ1v) is 6.25. The first kappa shape index (κ1) is 12.6. The van der Waals surface area contributed by atoms with Crippen LogP contribution < -0.4 is 5.32 Å². The van der Waals surface area contributed by atoms with Crippen LogP contribution in [0.5, 0.6) is 0 Å². The lowest BCUT2D eigenvalue weighted by atomic mass is 10.1. The maximum absolute atomic E-state index is 9.64. The molecule has 0 aliphatic carbocycles. The predicted octanol–water partition coefficient (Wildman–Crippen LogP) is 1.95. The maximum atomic E-state index is 9.64. The molecule has 4 heteroatoms. The topological polar surface area (TPSA) is 45.2 Å². The van der Waals surface area contributed by atoms with Crippen LogP contribution in [0.4, 0.5) is 0 Å². The molecule has 1 aromatic heterocycles. The Kier molecular flexibility index (Phi) is 5.22. The zero-order valence-electron chi connectivity index (χ0n) is 9.66. The number of aryl methyl sites for hydroxylation is 1. The zero-order valence-corrected chi connectivity index (χ0v) is 10.5. The van der Waals surface area contributed by atoms with Crippen molar-refractivity contribution in [2.24, 2.45) is 5.92 Å². The molecule has 1 atom stereocenters. The van der Waals surface area contributed by atoms with Crippen molar-refractivity contribution in [1.29, 1.82) is 0 Å². The largest absolute Gasteiger partial charge is 0.392 e. The molecule has 2 N–H and O–H groups in total. The fourth-order valence-electron chi connectivity index (χ4n) is 1.48. The SMILES string of the molecule is Cc1ncsc1CNCC(O)CC(C)C. The molecule has 86 valence electrons. The van der Waals surface area contributed by atoms with E-state index in [1.807, 2.05) is 12.4 Å². The average Bonchev–Trinajstić information content (AvgIpc) is 2.50. The summed E-state index contributed by atoms with van der Waals surface area (Å²) in [6, 6.07) is 0. The van der Waals surface area contributed by atoms with E-state index in [4.69, 9.17) is 0 Å². The molecular weight excluding hydrogens is 208 g/mol. The van der Waals surface area contributed by atoms with Gasteiger partial charge >= 0.3 is 0 Å². The van der Waals surface area contributed by atoms with Crippen molar-refractivity contribution in [1.82, 2.24) is 10.3 Å². The summed E-state index contributed by atoms with van der Waals surface area (Å²) >= 11 is 1.66. The number of aliphatic hydroxyl groups excluding tert-OH is 1. The highest BCUT2D eigenvalue weighted by Gasteiger charge is 2.07. The highest BCUT2D eigenvalue weighted by molar-refractivity contribution is 7.09. The fourth-order valence-corrected chi connectivity index (χ4v) is 2.22. The van der Waals surface area contributed by atoms with Crippen molar-refractivity contribution in [3.8, 4) is 0 Å². The summed E-state index contributed by atoms with van der Waals surface area (Å²) in [4.78, 5) is 5.44. The van der Waals surface area contributed by atoms with Crippen LogP contribution in [0.1, 0.15) is 30.8 Å². The molecule has 1 unspecified atom stereocenters. The summed E-state index contributed by atoms with van der Waals surface area (Å²) in [5, 5.41) is 12.9. The van der Waals surface area contributed by atoms with E-state index in [1.165, 1.54) is 4.88 Å². The lowest BCUT2D eigenvalue weighted by Crippen LogP contribution is -2.27. The van der Waals surface area contributed by atoms with Crippen molar-refractivity contribution in [2.75, 3.05) is 6.54 Å². The predicted molar refractivity (Wildman–Crippen MR) is 64.0 cm³/mol. The van der Waals surface area contributed by atoms with Gasteiger partial charge in [-0.3, -0.25) is 0 Å². The Labute approximate surface area is 95.6 Å². The molecule has 0 aromatic carbocycles. The van der Waals surface area contributed by atoms with Gasteiger partial charge in [0.2, 0.25) is 0 Å². The maximum Gasteiger partial charge on any atom is 0.0798 e. The molecule has 0 amide bonds. The minimum absolute atomic E-state index is 0.238. The third kappa shape index (κ3) is 4.73. The molecule has 0 aliphatic rings. The molecule has 15 heavy (non-hydrogen) atoms. The molecule has 1 heterocycles. The molecule has 0 fully saturated rings. The van der Waals surface area contributed by atoms with E-state index in [1.54, 1.807) is 11.3 Å². The highest BCUT2D eigenvalue weighted by atomic mass is 32.1. The van der Waals surface area contributed by atoms with Gasteiger partial charge in [0.1, 0.15) is 0 Å². The van der Waals surface area contributed by atoms with E-state index >= 15 is 0 Å². The molecule has 0 bridgehead atoms. The first-order valence-electron chi connectivity index (χ1n) is 5.37. The van der Waals surface area contributed by atoms with Crippen LogP contribution in [0.25, 0.3) is 0 Å². The summed E-state index contributed by atoms with van der Waals surface area (Å²) < 4.78 is 0. The van der Waals surface area contributed by atoms with Crippen molar-refractivity contribution in [3.63, 3.8) is 0 Å². The quantitative estimate of drug-likeness (QED) is 0.782. The summed E-state index contributed by atoms with van der Waals surface area (Å²) in [5.41, 5.74) is 2.95. The van der Waals surface area contributed by atoms with Crippen molar-refractivity contribution in [3.05, 3.63) is 16.1 Å². The molecule has 1 aromatic rings. The molecule has 0 saturated carbocycles. The van der Waals surface area contributed by atoms with Gasteiger partial charge in [-0.15, -0.1) is 11.3 Å². The van der Waals surface area contributed by atoms with Crippen LogP contribution >= 0.6 is 11.3 Å². The summed E-state index contributed by atoms with van der Waals surface area (Å²) in [5.74, 6) is 0.548. The monoisotopic (exact) mass is 228 g/mol. The minimum Gasteiger partial charge on any atom is -0.392 e. The number of nitrogens with one attached hydrogen (secondary N) is 1. The Balaban J connectivity index is 2.19. The number of aromatic nitrogens is 1. The number of aliphatic hydroxyl groups is 1. The van der Waals surface area contributed by atoms with E-state index < -0.39 is 0 Å². The molecule has 0 aliphatic heterocycles. The summed E-state index contributed by atoms with van der Waals surface area (Å²) in [7, 11) is 0. The van der Waals surface area contributed by atoms with E-state index in [9.17, 15) is 5.11 Å². The van der Waals surface area contributed by atoms with Crippen molar-refractivity contribution >= 4 is 11.3 Å². The third-order valence-corrected chi connectivity index (χ3v) is 3.19. The standard InChI is InChI=1S/C11H20N2OS/c1-8(2)4-10(14)5-12-6-11-9(3)13-7-15-11/h7-8,10,12,14H,4-6H2,1-3H3. The van der Waals surface area contributed by atoms with Gasteiger partial charge in [0.05, 0.1) is 17.3 Å². The van der Waals surface area contributed by atoms with Gasteiger partial charge in [-0.25, -0.2) is 4.98 Å². The van der Waals surface area contributed by atoms with Gasteiger partial charge in [0.25, 0.3) is 0 Å². The number of thiazole rings is 1. The van der Waals surface area contributed by atoms with E-state index in [2.05, 4.69) is 24.1 Å². The zero-order chi connectivity index (χ0) is 11.3. The molecule has 0 spiro atoms. The average molecular weight is 228 g/mol. The molecule has 0 radical (unpaired) electrons. The van der Waals surface area contributed by atoms with Crippen LogP contribution in [0, 0.1) is 12.8 Å². The van der Waals surface area contributed by atoms with E-state index in [-0.39, 0.29) is 6.10 Å². The minimum atomic E-state index is -0.238. The van der Waals surface area contributed by atoms with Gasteiger partial charge in [-0.2, -0.15) is 0 Å². The van der Waals surface area contributed by atoms with Crippen LogP contribution in [0.2, 0.25) is 0 Å². The Morgan fingerprint density at radius 3 is 2.80 bits per heavy atom. The van der Waals surface area contributed by atoms with Crippen LogP contribution in [0.3, 0.4) is 0 Å². The van der Waals surface area contributed by atoms with Crippen LogP contribution in [0.15, 0.2) is 5.51 Å². The summed E-state index contributed by atoms with van der Waals surface area (Å²) in [6.07, 6.45) is 0.618. The van der Waals surface area contributed by atoms with E-state index in [0.717, 1.165) is 18.7 Å². The van der Waals surface area contributed by atoms with Crippen molar-refractivity contribution in [2.45, 2.75) is 39.8 Å². The molecule has 3 nitrogen and oxygen atoms in total. The number of rotatable bonds is 6. The van der Waals surface area contributed by atoms with Gasteiger partial charge in [-0.05, 0) is 19.3 Å². The Morgan fingerprint density at radius 1 is 1.53 bits per heavy atom.